The summed E-state index contributed by atoms with van der Waals surface area (Å²) >= 11 is 0. The quantitative estimate of drug-likeness (QED) is 0.590. The first-order chi connectivity index (χ1) is 5.61. The van der Waals surface area contributed by atoms with E-state index in [-0.39, 0.29) is 17.5 Å². The minimum absolute atomic E-state index is 0.0915. The van der Waals surface area contributed by atoms with Crippen molar-refractivity contribution in [3.63, 3.8) is 0 Å². The van der Waals surface area contributed by atoms with Crippen molar-refractivity contribution >= 4 is 5.69 Å². The summed E-state index contributed by atoms with van der Waals surface area (Å²) in [4.78, 5) is 0. The largest absolute Gasteiger partial charge is 0.504 e. The van der Waals surface area contributed by atoms with Crippen molar-refractivity contribution in [2.45, 2.75) is 19.9 Å². The van der Waals surface area contributed by atoms with Crippen LogP contribution in [0.15, 0.2) is 18.2 Å². The number of anilines is 1. The fourth-order valence-electron chi connectivity index (χ4n) is 0.959. The Morgan fingerprint density at radius 1 is 1.25 bits per heavy atom. The maximum absolute atomic E-state index is 9.33. The molecule has 0 spiro atoms. The predicted molar refractivity (Wildman–Crippen MR) is 48.5 cm³/mol. The van der Waals surface area contributed by atoms with Crippen molar-refractivity contribution in [2.75, 3.05) is 5.32 Å². The van der Waals surface area contributed by atoms with Gasteiger partial charge in [0.15, 0.2) is 11.5 Å². The van der Waals surface area contributed by atoms with Gasteiger partial charge in [-0.15, -0.1) is 0 Å². The number of para-hydroxylation sites is 1. The molecule has 1 rings (SSSR count). The topological polar surface area (TPSA) is 52.5 Å². The van der Waals surface area contributed by atoms with Crippen LogP contribution in [0.5, 0.6) is 11.5 Å². The van der Waals surface area contributed by atoms with Crippen molar-refractivity contribution in [3.8, 4) is 11.5 Å². The van der Waals surface area contributed by atoms with E-state index in [0.717, 1.165) is 0 Å². The highest BCUT2D eigenvalue weighted by Crippen LogP contribution is 2.32. The van der Waals surface area contributed by atoms with E-state index in [9.17, 15) is 5.11 Å². The number of aromatic hydroxyl groups is 2. The normalized spacial score (nSPS) is 10.2. The van der Waals surface area contributed by atoms with Crippen LogP contribution in [0.25, 0.3) is 0 Å². The summed E-state index contributed by atoms with van der Waals surface area (Å²) < 4.78 is 0. The first-order valence-electron chi connectivity index (χ1n) is 3.88. The lowest BCUT2D eigenvalue weighted by molar-refractivity contribution is 0.405. The number of phenolic OH excluding ortho intramolecular Hbond substituents is 2. The van der Waals surface area contributed by atoms with Crippen molar-refractivity contribution in [2.24, 2.45) is 0 Å². The third-order valence-corrected chi connectivity index (χ3v) is 1.46. The molecule has 0 saturated carbocycles. The van der Waals surface area contributed by atoms with E-state index in [0.29, 0.717) is 5.69 Å². The summed E-state index contributed by atoms with van der Waals surface area (Å²) in [6.45, 7) is 3.92. The van der Waals surface area contributed by atoms with E-state index in [4.69, 9.17) is 5.11 Å². The minimum Gasteiger partial charge on any atom is -0.504 e. The molecular weight excluding hydrogens is 154 g/mol. The summed E-state index contributed by atoms with van der Waals surface area (Å²) in [6, 6.07) is 5.08. The van der Waals surface area contributed by atoms with Crippen LogP contribution in [0.2, 0.25) is 0 Å². The molecule has 0 aliphatic carbocycles. The number of benzene rings is 1. The van der Waals surface area contributed by atoms with Crippen LogP contribution in [0.4, 0.5) is 5.69 Å². The van der Waals surface area contributed by atoms with Gasteiger partial charge in [-0.1, -0.05) is 6.07 Å². The van der Waals surface area contributed by atoms with Gasteiger partial charge in [-0.2, -0.15) is 0 Å². The van der Waals surface area contributed by atoms with Gasteiger partial charge >= 0.3 is 0 Å². The maximum atomic E-state index is 9.33. The van der Waals surface area contributed by atoms with Crippen LogP contribution in [0.1, 0.15) is 13.8 Å². The zero-order valence-electron chi connectivity index (χ0n) is 7.20. The standard InChI is InChI=1S/C9H13NO2/c1-6(2)10-7-4-3-5-8(11)9(7)12/h3-6,10-12H,1-2H3. The monoisotopic (exact) mass is 167 g/mol. The Morgan fingerprint density at radius 2 is 1.92 bits per heavy atom. The Labute approximate surface area is 71.7 Å². The minimum atomic E-state index is -0.0966. The van der Waals surface area contributed by atoms with Crippen molar-refractivity contribution < 1.29 is 10.2 Å². The summed E-state index contributed by atoms with van der Waals surface area (Å²) in [6.07, 6.45) is 0. The molecule has 0 radical (unpaired) electrons. The van der Waals surface area contributed by atoms with E-state index in [1.807, 2.05) is 13.8 Å². The van der Waals surface area contributed by atoms with Crippen LogP contribution in [-0.2, 0) is 0 Å². The first kappa shape index (κ1) is 8.71. The molecule has 0 aliphatic heterocycles. The molecule has 3 nitrogen and oxygen atoms in total. The third kappa shape index (κ3) is 1.81. The zero-order valence-corrected chi connectivity index (χ0v) is 7.20. The number of nitrogens with one attached hydrogen (secondary N) is 1. The fourth-order valence-corrected chi connectivity index (χ4v) is 0.959. The van der Waals surface area contributed by atoms with Crippen LogP contribution in [0.3, 0.4) is 0 Å². The molecule has 66 valence electrons. The molecule has 0 bridgehead atoms. The zero-order chi connectivity index (χ0) is 9.14. The van der Waals surface area contributed by atoms with E-state index in [1.165, 1.54) is 6.07 Å². The highest BCUT2D eigenvalue weighted by atomic mass is 16.3. The van der Waals surface area contributed by atoms with E-state index in [2.05, 4.69) is 5.32 Å². The van der Waals surface area contributed by atoms with E-state index in [1.54, 1.807) is 12.1 Å². The lowest BCUT2D eigenvalue weighted by Gasteiger charge is -2.11. The molecule has 0 saturated heterocycles. The smallest absolute Gasteiger partial charge is 0.181 e. The Balaban J connectivity index is 2.92. The van der Waals surface area contributed by atoms with Gasteiger partial charge in [0, 0.05) is 6.04 Å². The molecule has 3 heteroatoms. The van der Waals surface area contributed by atoms with Crippen molar-refractivity contribution in [3.05, 3.63) is 18.2 Å². The number of rotatable bonds is 2. The second kappa shape index (κ2) is 3.34. The van der Waals surface area contributed by atoms with E-state index >= 15 is 0 Å². The summed E-state index contributed by atoms with van der Waals surface area (Å²) in [7, 11) is 0. The molecule has 0 unspecified atom stereocenters. The van der Waals surface area contributed by atoms with Gasteiger partial charge in [0.1, 0.15) is 0 Å². The van der Waals surface area contributed by atoms with Gasteiger partial charge in [0.2, 0.25) is 0 Å². The average molecular weight is 167 g/mol. The highest BCUT2D eigenvalue weighted by molar-refractivity contribution is 5.61. The maximum Gasteiger partial charge on any atom is 0.181 e. The SMILES string of the molecule is CC(C)Nc1cccc(O)c1O. The van der Waals surface area contributed by atoms with Gasteiger partial charge in [-0.3, -0.25) is 0 Å². The molecule has 0 aliphatic rings. The molecule has 1 aromatic rings. The number of hydrogen-bond acceptors (Lipinski definition) is 3. The summed E-state index contributed by atoms with van der Waals surface area (Å²) in [5, 5.41) is 21.5. The van der Waals surface area contributed by atoms with Crippen LogP contribution < -0.4 is 5.32 Å². The fraction of sp³-hybridized carbons (Fsp3) is 0.333. The lowest BCUT2D eigenvalue weighted by atomic mass is 10.2. The Morgan fingerprint density at radius 3 is 2.50 bits per heavy atom. The molecule has 0 aromatic heterocycles. The molecular formula is C9H13NO2. The molecule has 3 N–H and O–H groups in total. The van der Waals surface area contributed by atoms with E-state index < -0.39 is 0 Å². The van der Waals surface area contributed by atoms with Crippen molar-refractivity contribution in [1.82, 2.24) is 0 Å². The van der Waals surface area contributed by atoms with Crippen molar-refractivity contribution in [1.29, 1.82) is 0 Å². The number of phenols is 2. The summed E-state index contributed by atoms with van der Waals surface area (Å²) in [5.74, 6) is -0.188. The van der Waals surface area contributed by atoms with Crippen LogP contribution in [-0.4, -0.2) is 16.3 Å². The van der Waals surface area contributed by atoms with Gasteiger partial charge < -0.3 is 15.5 Å². The van der Waals surface area contributed by atoms with Gasteiger partial charge in [0.25, 0.3) is 0 Å². The molecule has 12 heavy (non-hydrogen) atoms. The third-order valence-electron chi connectivity index (χ3n) is 1.46. The van der Waals surface area contributed by atoms with Crippen LogP contribution in [0, 0.1) is 0 Å². The predicted octanol–water partition coefficient (Wildman–Crippen LogP) is 1.92. The van der Waals surface area contributed by atoms with Gasteiger partial charge in [-0.25, -0.2) is 0 Å². The van der Waals surface area contributed by atoms with Gasteiger partial charge in [0.05, 0.1) is 5.69 Å². The van der Waals surface area contributed by atoms with Crippen LogP contribution >= 0.6 is 0 Å². The Kier molecular flexibility index (Phi) is 2.43. The second-order valence-corrected chi connectivity index (χ2v) is 2.97. The lowest BCUT2D eigenvalue weighted by Crippen LogP contribution is -2.09. The Hall–Kier alpha value is -1.38. The molecule has 0 atom stereocenters. The molecule has 1 aromatic carbocycles. The first-order valence-corrected chi connectivity index (χ1v) is 3.88. The molecule has 0 fully saturated rings. The molecule has 0 amide bonds. The second-order valence-electron chi connectivity index (χ2n) is 2.97. The highest BCUT2D eigenvalue weighted by Gasteiger charge is 2.05. The summed E-state index contributed by atoms with van der Waals surface area (Å²) in [5.41, 5.74) is 0.560. The Bertz CT molecular complexity index is 271. The number of hydrogen-bond donors (Lipinski definition) is 3. The molecule has 0 heterocycles. The average Bonchev–Trinajstić information content (AvgIpc) is 1.98. The van der Waals surface area contributed by atoms with Gasteiger partial charge in [-0.05, 0) is 26.0 Å².